The summed E-state index contributed by atoms with van der Waals surface area (Å²) in [5.74, 6) is 0.882. The molecule has 25 heavy (non-hydrogen) atoms. The third kappa shape index (κ3) is 2.60. The van der Waals surface area contributed by atoms with E-state index in [0.29, 0.717) is 0 Å². The van der Waals surface area contributed by atoms with Gasteiger partial charge in [-0.25, -0.2) is 9.97 Å². The lowest BCUT2D eigenvalue weighted by Gasteiger charge is -2.40. The van der Waals surface area contributed by atoms with Crippen LogP contribution < -0.4 is 4.90 Å². The zero-order chi connectivity index (χ0) is 17.6. The van der Waals surface area contributed by atoms with Crippen molar-refractivity contribution in [1.82, 2.24) is 19.4 Å². The second kappa shape index (κ2) is 5.86. The van der Waals surface area contributed by atoms with Gasteiger partial charge in [-0.05, 0) is 43.4 Å². The summed E-state index contributed by atoms with van der Waals surface area (Å²) in [7, 11) is 5.86. The lowest BCUT2D eigenvalue weighted by Crippen LogP contribution is -2.48. The number of carbonyl (C=O) groups is 1. The maximum Gasteiger partial charge on any atom is 0.270 e. The van der Waals surface area contributed by atoms with Gasteiger partial charge in [0.15, 0.2) is 0 Å². The molecule has 6 nitrogen and oxygen atoms in total. The van der Waals surface area contributed by atoms with Gasteiger partial charge >= 0.3 is 0 Å². The Balaban J connectivity index is 1.65. The second-order valence-corrected chi connectivity index (χ2v) is 7.55. The second-order valence-electron chi connectivity index (χ2n) is 7.55. The maximum atomic E-state index is 13.0. The number of rotatable bonds is 2. The largest absolute Gasteiger partial charge is 0.347 e. The third-order valence-corrected chi connectivity index (χ3v) is 5.65. The number of nitrogens with zero attached hydrogens (tertiary/aromatic N) is 5. The average molecular weight is 339 g/mol. The summed E-state index contributed by atoms with van der Waals surface area (Å²) in [6.07, 6.45) is 8.09. The summed E-state index contributed by atoms with van der Waals surface area (Å²) in [5.41, 5.74) is 3.16. The van der Waals surface area contributed by atoms with Crippen molar-refractivity contribution in [3.63, 3.8) is 0 Å². The molecule has 0 aromatic carbocycles. The fraction of sp³-hybridized carbons (Fsp3) is 0.526. The molecule has 0 radical (unpaired) electrons. The monoisotopic (exact) mass is 339 g/mol. The number of hydrogen-bond acceptors (Lipinski definition) is 4. The summed E-state index contributed by atoms with van der Waals surface area (Å²) in [5, 5.41) is 0. The zero-order valence-electron chi connectivity index (χ0n) is 15.2. The minimum absolute atomic E-state index is 0.0118. The topological polar surface area (TPSA) is 54.3 Å². The van der Waals surface area contributed by atoms with Gasteiger partial charge in [-0.3, -0.25) is 4.79 Å². The molecule has 1 atom stereocenters. The van der Waals surface area contributed by atoms with E-state index in [2.05, 4.69) is 4.98 Å². The minimum atomic E-state index is -0.0118. The molecule has 1 fully saturated rings. The maximum absolute atomic E-state index is 13.0. The first kappa shape index (κ1) is 16.1. The quantitative estimate of drug-likeness (QED) is 0.840. The van der Waals surface area contributed by atoms with Crippen LogP contribution in [-0.2, 0) is 18.9 Å². The normalized spacial score (nSPS) is 22.3. The first-order valence-electron chi connectivity index (χ1n) is 8.94. The summed E-state index contributed by atoms with van der Waals surface area (Å²) in [6, 6.07) is 3.83. The van der Waals surface area contributed by atoms with E-state index in [-0.39, 0.29) is 11.3 Å². The van der Waals surface area contributed by atoms with Crippen LogP contribution in [0.5, 0.6) is 0 Å². The molecule has 1 saturated heterocycles. The molecule has 1 aliphatic heterocycles. The fourth-order valence-electron chi connectivity index (χ4n) is 4.30. The van der Waals surface area contributed by atoms with Gasteiger partial charge in [0.25, 0.3) is 5.91 Å². The first-order valence-corrected chi connectivity index (χ1v) is 8.94. The molecule has 2 aromatic heterocycles. The van der Waals surface area contributed by atoms with E-state index in [1.54, 1.807) is 0 Å². The Morgan fingerprint density at radius 1 is 1.32 bits per heavy atom. The molecule has 4 rings (SSSR count). The number of carbonyl (C=O) groups excluding carboxylic acids is 1. The minimum Gasteiger partial charge on any atom is -0.347 e. The lowest BCUT2D eigenvalue weighted by atomic mass is 9.77. The van der Waals surface area contributed by atoms with Crippen LogP contribution in [-0.4, -0.2) is 52.5 Å². The van der Waals surface area contributed by atoms with E-state index in [0.717, 1.165) is 56.1 Å². The zero-order valence-corrected chi connectivity index (χ0v) is 15.2. The highest BCUT2D eigenvalue weighted by atomic mass is 16.2. The van der Waals surface area contributed by atoms with E-state index in [4.69, 9.17) is 4.98 Å². The van der Waals surface area contributed by atoms with Crippen LogP contribution in [0, 0.1) is 0 Å². The standard InChI is InChI=1S/C19H25N5O/c1-22(2)18-20-12-14-7-9-19(16(14)21-18)8-5-11-24(13-19)17(25)15-6-4-10-23(15)3/h4,6,10,12H,5,7-9,11,13H2,1-3H3. The molecule has 6 heteroatoms. The van der Waals surface area contributed by atoms with Gasteiger partial charge in [0.2, 0.25) is 5.95 Å². The molecular weight excluding hydrogens is 314 g/mol. The summed E-state index contributed by atoms with van der Waals surface area (Å²) < 4.78 is 1.90. The van der Waals surface area contributed by atoms with Crippen molar-refractivity contribution in [2.45, 2.75) is 31.1 Å². The first-order chi connectivity index (χ1) is 12.0. The van der Waals surface area contributed by atoms with Crippen molar-refractivity contribution in [2.75, 3.05) is 32.1 Å². The molecule has 3 heterocycles. The molecule has 1 spiro atoms. The Bertz CT molecular complexity index is 808. The molecule has 1 aliphatic carbocycles. The van der Waals surface area contributed by atoms with Crippen LogP contribution in [0.25, 0.3) is 0 Å². The number of likely N-dealkylation sites (tertiary alicyclic amines) is 1. The van der Waals surface area contributed by atoms with Gasteiger partial charge in [0, 0.05) is 52.0 Å². The number of hydrogen-bond donors (Lipinski definition) is 0. The number of fused-ring (bicyclic) bond motifs is 2. The molecule has 0 N–H and O–H groups in total. The molecule has 1 amide bonds. The van der Waals surface area contributed by atoms with Crippen LogP contribution in [0.15, 0.2) is 24.5 Å². The molecule has 2 aliphatic rings. The Morgan fingerprint density at radius 3 is 2.88 bits per heavy atom. The van der Waals surface area contributed by atoms with Gasteiger partial charge in [0.05, 0.1) is 5.69 Å². The summed E-state index contributed by atoms with van der Waals surface area (Å²) in [4.78, 5) is 26.3. The average Bonchev–Trinajstić information content (AvgIpc) is 3.19. The molecule has 0 saturated carbocycles. The fourth-order valence-corrected chi connectivity index (χ4v) is 4.30. The van der Waals surface area contributed by atoms with Crippen LogP contribution in [0.2, 0.25) is 0 Å². The van der Waals surface area contributed by atoms with Crippen molar-refractivity contribution in [1.29, 1.82) is 0 Å². The van der Waals surface area contributed by atoms with Crippen molar-refractivity contribution >= 4 is 11.9 Å². The highest BCUT2D eigenvalue weighted by molar-refractivity contribution is 5.93. The predicted octanol–water partition coefficient (Wildman–Crippen LogP) is 2.00. The van der Waals surface area contributed by atoms with Crippen LogP contribution >= 0.6 is 0 Å². The molecular formula is C19H25N5O. The van der Waals surface area contributed by atoms with Gasteiger partial charge in [-0.15, -0.1) is 0 Å². The van der Waals surface area contributed by atoms with E-state index in [1.807, 2.05) is 60.0 Å². The molecule has 0 bridgehead atoms. The highest BCUT2D eigenvalue weighted by Gasteiger charge is 2.45. The number of anilines is 1. The van der Waals surface area contributed by atoms with E-state index < -0.39 is 0 Å². The van der Waals surface area contributed by atoms with Gasteiger partial charge < -0.3 is 14.4 Å². The molecule has 2 aromatic rings. The predicted molar refractivity (Wildman–Crippen MR) is 96.9 cm³/mol. The SMILES string of the molecule is CN(C)c1ncc2c(n1)C1(CCCN(C(=O)c3cccn3C)C1)CC2. The van der Waals surface area contributed by atoms with Crippen molar-refractivity contribution in [2.24, 2.45) is 7.05 Å². The number of aryl methyl sites for hydroxylation is 2. The van der Waals surface area contributed by atoms with Gasteiger partial charge in [0.1, 0.15) is 5.69 Å². The lowest BCUT2D eigenvalue weighted by molar-refractivity contribution is 0.0624. The van der Waals surface area contributed by atoms with E-state index in [9.17, 15) is 4.79 Å². The Morgan fingerprint density at radius 2 is 2.16 bits per heavy atom. The van der Waals surface area contributed by atoms with Crippen LogP contribution in [0.1, 0.15) is 41.0 Å². The van der Waals surface area contributed by atoms with Crippen molar-refractivity contribution < 1.29 is 4.79 Å². The summed E-state index contributed by atoms with van der Waals surface area (Å²) in [6.45, 7) is 1.58. The number of amides is 1. The summed E-state index contributed by atoms with van der Waals surface area (Å²) >= 11 is 0. The third-order valence-electron chi connectivity index (χ3n) is 5.65. The van der Waals surface area contributed by atoms with E-state index in [1.165, 1.54) is 5.56 Å². The van der Waals surface area contributed by atoms with Crippen molar-refractivity contribution in [3.8, 4) is 0 Å². The van der Waals surface area contributed by atoms with Crippen LogP contribution in [0.4, 0.5) is 5.95 Å². The number of aromatic nitrogens is 3. The van der Waals surface area contributed by atoms with Gasteiger partial charge in [-0.1, -0.05) is 0 Å². The molecule has 1 unspecified atom stereocenters. The Labute approximate surface area is 148 Å². The van der Waals surface area contributed by atoms with Crippen molar-refractivity contribution in [3.05, 3.63) is 41.5 Å². The molecule has 132 valence electrons. The number of piperidine rings is 1. The smallest absolute Gasteiger partial charge is 0.270 e. The van der Waals surface area contributed by atoms with E-state index >= 15 is 0 Å². The Hall–Kier alpha value is -2.37. The van der Waals surface area contributed by atoms with Gasteiger partial charge in [-0.2, -0.15) is 0 Å². The highest BCUT2D eigenvalue weighted by Crippen LogP contribution is 2.44. The van der Waals surface area contributed by atoms with Crippen LogP contribution in [0.3, 0.4) is 0 Å². The Kier molecular flexibility index (Phi) is 3.78.